The molecule has 7 heteroatoms. The van der Waals surface area contributed by atoms with Crippen molar-refractivity contribution in [2.75, 3.05) is 25.5 Å². The molecule has 2 aliphatic heterocycles. The van der Waals surface area contributed by atoms with E-state index >= 15 is 0 Å². The van der Waals surface area contributed by atoms with Gasteiger partial charge in [-0.1, -0.05) is 6.07 Å². The lowest BCUT2D eigenvalue weighted by atomic mass is 10.0. The molecule has 136 valence electrons. The third-order valence-corrected chi connectivity index (χ3v) is 5.66. The Kier molecular flexibility index (Phi) is 4.88. The molecule has 1 aromatic carbocycles. The summed E-state index contributed by atoms with van der Waals surface area (Å²) in [5, 5.41) is 12.3. The van der Waals surface area contributed by atoms with Gasteiger partial charge in [-0.2, -0.15) is 4.73 Å². The number of rotatable bonds is 4. The molecule has 0 unspecified atom stereocenters. The number of benzene rings is 1. The largest absolute Gasteiger partial charge is 0.618 e. The zero-order chi connectivity index (χ0) is 17.9. The Hall–Kier alpha value is -2.41. The number of fused-ring (bicyclic) bond motifs is 1. The summed E-state index contributed by atoms with van der Waals surface area (Å²) in [7, 11) is 0. The van der Waals surface area contributed by atoms with Crippen molar-refractivity contribution in [3.63, 3.8) is 0 Å². The van der Waals surface area contributed by atoms with Gasteiger partial charge >= 0.3 is 0 Å². The van der Waals surface area contributed by atoms with Crippen LogP contribution in [0, 0.1) is 5.21 Å². The molecule has 1 amide bonds. The first-order chi connectivity index (χ1) is 12.7. The van der Waals surface area contributed by atoms with Crippen LogP contribution < -0.4 is 14.2 Å². The first-order valence-corrected chi connectivity index (χ1v) is 9.71. The maximum Gasteiger partial charge on any atom is 0.251 e. The van der Waals surface area contributed by atoms with Crippen LogP contribution in [0.5, 0.6) is 11.5 Å². The number of nitrogens with zero attached hydrogens (tertiary/aromatic N) is 2. The topological polar surface area (TPSA) is 65.7 Å². The molecule has 2 aromatic rings. The van der Waals surface area contributed by atoms with Gasteiger partial charge < -0.3 is 19.6 Å². The van der Waals surface area contributed by atoms with Crippen LogP contribution in [0.1, 0.15) is 24.4 Å². The van der Waals surface area contributed by atoms with E-state index in [0.29, 0.717) is 18.2 Å². The second kappa shape index (κ2) is 7.45. The van der Waals surface area contributed by atoms with Crippen LogP contribution in [0.25, 0.3) is 0 Å². The van der Waals surface area contributed by atoms with Crippen molar-refractivity contribution in [3.05, 3.63) is 53.4 Å². The fourth-order valence-corrected chi connectivity index (χ4v) is 4.22. The molecular formula is C19H20N2O4S. The summed E-state index contributed by atoms with van der Waals surface area (Å²) >= 11 is 1.28. The SMILES string of the molecule is O=C(CSc1cccc[n+]1[O-])N1CCC[C@H]1c1ccc2c(c1)OCCO2. The molecule has 0 spiro atoms. The Labute approximate surface area is 156 Å². The zero-order valence-corrected chi connectivity index (χ0v) is 15.1. The molecule has 4 rings (SSSR count). The quantitative estimate of drug-likeness (QED) is 0.469. The number of carbonyl (C=O) groups excluding carboxylic acids is 1. The fraction of sp³-hybridized carbons (Fsp3) is 0.368. The molecule has 1 fully saturated rings. The van der Waals surface area contributed by atoms with Gasteiger partial charge in [0.2, 0.25) is 5.91 Å². The van der Waals surface area contributed by atoms with Crippen LogP contribution in [0.3, 0.4) is 0 Å². The van der Waals surface area contributed by atoms with Gasteiger partial charge in [0.25, 0.3) is 5.03 Å². The molecule has 0 bridgehead atoms. The van der Waals surface area contributed by atoms with Crippen molar-refractivity contribution in [3.8, 4) is 11.5 Å². The summed E-state index contributed by atoms with van der Waals surface area (Å²) < 4.78 is 12.0. The number of carbonyl (C=O) groups is 1. The van der Waals surface area contributed by atoms with E-state index in [4.69, 9.17) is 9.47 Å². The summed E-state index contributed by atoms with van der Waals surface area (Å²) in [6.07, 6.45) is 3.35. The molecule has 1 saturated heterocycles. The average Bonchev–Trinajstić information content (AvgIpc) is 3.17. The molecule has 26 heavy (non-hydrogen) atoms. The Morgan fingerprint density at radius 1 is 1.23 bits per heavy atom. The van der Waals surface area contributed by atoms with Crippen LogP contribution in [-0.2, 0) is 4.79 Å². The molecule has 0 N–H and O–H groups in total. The van der Waals surface area contributed by atoms with E-state index in [1.54, 1.807) is 18.2 Å². The van der Waals surface area contributed by atoms with E-state index in [1.165, 1.54) is 18.0 Å². The lowest BCUT2D eigenvalue weighted by Gasteiger charge is -2.26. The highest BCUT2D eigenvalue weighted by molar-refractivity contribution is 7.99. The van der Waals surface area contributed by atoms with Gasteiger partial charge in [-0.15, -0.1) is 0 Å². The van der Waals surface area contributed by atoms with Gasteiger partial charge in [0.1, 0.15) is 13.2 Å². The Balaban J connectivity index is 1.46. The van der Waals surface area contributed by atoms with Crippen LogP contribution >= 0.6 is 11.8 Å². The molecule has 3 heterocycles. The standard InChI is InChI=1S/C19H20N2O4S/c22-18(13-26-19-5-1-2-9-21(19)23)20-8-3-4-15(20)14-6-7-16-17(12-14)25-11-10-24-16/h1-2,5-7,9,12,15H,3-4,8,10-11,13H2/t15-/m0/s1. The molecule has 1 aromatic heterocycles. The van der Waals surface area contributed by atoms with E-state index in [0.717, 1.165) is 41.2 Å². The summed E-state index contributed by atoms with van der Waals surface area (Å²) in [5.41, 5.74) is 1.07. The number of thioether (sulfide) groups is 1. The van der Waals surface area contributed by atoms with Crippen LogP contribution in [0.15, 0.2) is 47.6 Å². The lowest BCUT2D eigenvalue weighted by Crippen LogP contribution is -2.33. The first kappa shape index (κ1) is 17.0. The molecule has 1 atom stereocenters. The molecule has 0 aliphatic carbocycles. The van der Waals surface area contributed by atoms with Crippen molar-refractivity contribution in [1.82, 2.24) is 4.90 Å². The lowest BCUT2D eigenvalue weighted by molar-refractivity contribution is -0.645. The van der Waals surface area contributed by atoms with Gasteiger partial charge in [-0.25, -0.2) is 0 Å². The number of hydrogen-bond acceptors (Lipinski definition) is 5. The van der Waals surface area contributed by atoms with Gasteiger partial charge in [-0.3, -0.25) is 4.79 Å². The van der Waals surface area contributed by atoms with Gasteiger partial charge in [0.05, 0.1) is 11.8 Å². The summed E-state index contributed by atoms with van der Waals surface area (Å²) in [6, 6.07) is 11.2. The Bertz CT molecular complexity index is 814. The van der Waals surface area contributed by atoms with E-state index in [-0.39, 0.29) is 17.7 Å². The first-order valence-electron chi connectivity index (χ1n) is 8.72. The smallest absolute Gasteiger partial charge is 0.251 e. The fourth-order valence-electron chi connectivity index (χ4n) is 3.42. The van der Waals surface area contributed by atoms with E-state index in [1.807, 2.05) is 23.1 Å². The monoisotopic (exact) mass is 372 g/mol. The highest BCUT2D eigenvalue weighted by atomic mass is 32.2. The van der Waals surface area contributed by atoms with Crippen LogP contribution in [0.2, 0.25) is 0 Å². The zero-order valence-electron chi connectivity index (χ0n) is 14.3. The number of amides is 1. The highest BCUT2D eigenvalue weighted by Crippen LogP contribution is 2.38. The molecule has 0 saturated carbocycles. The van der Waals surface area contributed by atoms with Crippen molar-refractivity contribution in [2.24, 2.45) is 0 Å². The summed E-state index contributed by atoms with van der Waals surface area (Å²) in [4.78, 5) is 14.7. The Morgan fingerprint density at radius 3 is 2.92 bits per heavy atom. The minimum atomic E-state index is 0.0501. The maximum absolute atomic E-state index is 12.7. The maximum atomic E-state index is 12.7. The molecule has 0 radical (unpaired) electrons. The second-order valence-electron chi connectivity index (χ2n) is 6.30. The number of aromatic nitrogens is 1. The molecular weight excluding hydrogens is 352 g/mol. The third-order valence-electron chi connectivity index (χ3n) is 4.66. The van der Waals surface area contributed by atoms with E-state index < -0.39 is 0 Å². The third kappa shape index (κ3) is 3.44. The molecule has 6 nitrogen and oxygen atoms in total. The minimum Gasteiger partial charge on any atom is -0.618 e. The minimum absolute atomic E-state index is 0.0501. The predicted octanol–water partition coefficient (Wildman–Crippen LogP) is 2.55. The van der Waals surface area contributed by atoms with Gasteiger partial charge in [0, 0.05) is 18.7 Å². The van der Waals surface area contributed by atoms with Gasteiger partial charge in [0.15, 0.2) is 17.7 Å². The summed E-state index contributed by atoms with van der Waals surface area (Å²) in [5.74, 6) is 1.82. The predicted molar refractivity (Wildman–Crippen MR) is 97.2 cm³/mol. The van der Waals surface area contributed by atoms with Crippen molar-refractivity contribution in [2.45, 2.75) is 23.9 Å². The van der Waals surface area contributed by atoms with Crippen molar-refractivity contribution < 1.29 is 19.0 Å². The van der Waals surface area contributed by atoms with Crippen molar-refractivity contribution in [1.29, 1.82) is 0 Å². The van der Waals surface area contributed by atoms with Crippen LogP contribution in [0.4, 0.5) is 0 Å². The number of hydrogen-bond donors (Lipinski definition) is 0. The highest BCUT2D eigenvalue weighted by Gasteiger charge is 2.31. The number of ether oxygens (including phenoxy) is 2. The summed E-state index contributed by atoms with van der Waals surface area (Å²) in [6.45, 7) is 1.86. The number of pyridine rings is 1. The molecule has 2 aliphatic rings. The van der Waals surface area contributed by atoms with E-state index in [2.05, 4.69) is 0 Å². The normalized spacial score (nSPS) is 18.8. The second-order valence-corrected chi connectivity index (χ2v) is 7.30. The van der Waals surface area contributed by atoms with E-state index in [9.17, 15) is 10.0 Å². The van der Waals surface area contributed by atoms with Crippen molar-refractivity contribution >= 4 is 17.7 Å². The average molecular weight is 372 g/mol. The van der Waals surface area contributed by atoms with Gasteiger partial charge in [-0.05, 0) is 48.4 Å². The Morgan fingerprint density at radius 2 is 2.08 bits per heavy atom. The van der Waals surface area contributed by atoms with Crippen LogP contribution in [-0.4, -0.2) is 36.3 Å². The number of likely N-dealkylation sites (tertiary alicyclic amines) is 1.